The maximum atomic E-state index is 13.3. The molecule has 0 saturated carbocycles. The number of piperazine rings is 1. The topological polar surface area (TPSA) is 31.8 Å². The first-order valence-electron chi connectivity index (χ1n) is 12.6. The summed E-state index contributed by atoms with van der Waals surface area (Å²) in [6.07, 6.45) is -7.78. The molecule has 0 aliphatic carbocycles. The monoisotopic (exact) mass is 550 g/mol. The van der Waals surface area contributed by atoms with Gasteiger partial charge in [-0.3, -0.25) is 0 Å². The molecule has 5 rings (SSSR count). The van der Waals surface area contributed by atoms with Crippen molar-refractivity contribution in [2.75, 3.05) is 56.7 Å². The van der Waals surface area contributed by atoms with Gasteiger partial charge in [0, 0.05) is 67.8 Å². The highest BCUT2D eigenvalue weighted by atomic mass is 19.4. The number of nitrogens with zero attached hydrogens (tertiary/aromatic N) is 4. The van der Waals surface area contributed by atoms with Crippen LogP contribution >= 0.6 is 0 Å². The molecule has 3 heterocycles. The standard InChI is InChI=1S/C28H28F6N4O/c1-36-9-11-37(12-10-36)24-4-5-25(39-2)22-7-8-38(17-23(22)24)26-6-3-18(16-35-26)19-13-20(27(29,30)31)15-21(14-19)28(32,33)34/h3-6,13-16H,7-12,17H2,1-2H3. The van der Waals surface area contributed by atoms with E-state index in [9.17, 15) is 26.3 Å². The van der Waals surface area contributed by atoms with Gasteiger partial charge in [0.1, 0.15) is 11.6 Å². The number of alkyl halides is 6. The Morgan fingerprint density at radius 3 is 1.97 bits per heavy atom. The molecule has 0 atom stereocenters. The number of benzene rings is 2. The molecule has 0 radical (unpaired) electrons. The molecule has 0 N–H and O–H groups in total. The molecule has 0 spiro atoms. The zero-order valence-corrected chi connectivity index (χ0v) is 21.5. The predicted molar refractivity (Wildman–Crippen MR) is 137 cm³/mol. The minimum Gasteiger partial charge on any atom is -0.496 e. The normalized spacial score (nSPS) is 16.8. The van der Waals surface area contributed by atoms with Gasteiger partial charge in [0.15, 0.2) is 0 Å². The summed E-state index contributed by atoms with van der Waals surface area (Å²) in [4.78, 5) is 11.2. The van der Waals surface area contributed by atoms with Gasteiger partial charge in [-0.2, -0.15) is 26.3 Å². The van der Waals surface area contributed by atoms with Crippen molar-refractivity contribution in [3.05, 3.63) is 70.9 Å². The van der Waals surface area contributed by atoms with Crippen LogP contribution in [0.4, 0.5) is 37.8 Å². The third-order valence-corrected chi connectivity index (χ3v) is 7.40. The summed E-state index contributed by atoms with van der Waals surface area (Å²) in [6.45, 7) is 4.92. The Bertz CT molecular complexity index is 1300. The number of pyridine rings is 1. The minimum atomic E-state index is -4.91. The van der Waals surface area contributed by atoms with E-state index in [0.717, 1.165) is 60.9 Å². The molecular weight excluding hydrogens is 522 g/mol. The molecule has 3 aromatic rings. The zero-order chi connectivity index (χ0) is 27.9. The quantitative estimate of drug-likeness (QED) is 0.366. The van der Waals surface area contributed by atoms with Gasteiger partial charge in [-0.05, 0) is 61.5 Å². The Hall–Kier alpha value is -3.47. The number of rotatable bonds is 4. The van der Waals surface area contributed by atoms with Crippen LogP contribution in [0.1, 0.15) is 22.3 Å². The summed E-state index contributed by atoms with van der Waals surface area (Å²) in [5.74, 6) is 1.43. The summed E-state index contributed by atoms with van der Waals surface area (Å²) >= 11 is 0. The van der Waals surface area contributed by atoms with Crippen LogP contribution in [0, 0.1) is 0 Å². The van der Waals surface area contributed by atoms with Crippen LogP contribution in [0.2, 0.25) is 0 Å². The summed E-state index contributed by atoms with van der Waals surface area (Å²) in [5, 5.41) is 0. The maximum absolute atomic E-state index is 13.3. The average molecular weight is 551 g/mol. The lowest BCUT2D eigenvalue weighted by Crippen LogP contribution is -2.45. The first kappa shape index (κ1) is 27.1. The SMILES string of the molecule is COc1ccc(N2CCN(C)CC2)c2c1CCN(c1ccc(-c3cc(C(F)(F)F)cc(C(F)(F)F)c3)cn1)C2. The van der Waals surface area contributed by atoms with Crippen molar-refractivity contribution in [1.29, 1.82) is 0 Å². The van der Waals surface area contributed by atoms with Gasteiger partial charge < -0.3 is 19.4 Å². The van der Waals surface area contributed by atoms with Gasteiger partial charge in [-0.15, -0.1) is 0 Å². The number of halogens is 6. The Kier molecular flexibility index (Phi) is 7.13. The van der Waals surface area contributed by atoms with Crippen molar-refractivity contribution in [3.8, 4) is 16.9 Å². The van der Waals surface area contributed by atoms with E-state index in [1.54, 1.807) is 13.2 Å². The van der Waals surface area contributed by atoms with Gasteiger partial charge in [-0.1, -0.05) is 0 Å². The van der Waals surface area contributed by atoms with E-state index in [4.69, 9.17) is 4.74 Å². The second-order valence-corrected chi connectivity index (χ2v) is 9.91. The van der Waals surface area contributed by atoms with Gasteiger partial charge in [0.05, 0.1) is 18.2 Å². The second kappa shape index (κ2) is 10.3. The molecule has 2 aliphatic heterocycles. The Morgan fingerprint density at radius 1 is 0.744 bits per heavy atom. The van der Waals surface area contributed by atoms with Crippen molar-refractivity contribution in [2.24, 2.45) is 0 Å². The van der Waals surface area contributed by atoms with Crippen molar-refractivity contribution in [1.82, 2.24) is 9.88 Å². The highest BCUT2D eigenvalue weighted by Crippen LogP contribution is 2.40. The number of hydrogen-bond acceptors (Lipinski definition) is 5. The van der Waals surface area contributed by atoms with Crippen LogP contribution in [0.25, 0.3) is 11.1 Å². The lowest BCUT2D eigenvalue weighted by Gasteiger charge is -2.38. The molecule has 39 heavy (non-hydrogen) atoms. The number of methoxy groups -OCH3 is 1. The van der Waals surface area contributed by atoms with Crippen molar-refractivity contribution in [2.45, 2.75) is 25.3 Å². The summed E-state index contributed by atoms with van der Waals surface area (Å²) in [7, 11) is 3.75. The molecule has 0 bridgehead atoms. The lowest BCUT2D eigenvalue weighted by atomic mass is 9.95. The van der Waals surface area contributed by atoms with Gasteiger partial charge in [0.2, 0.25) is 0 Å². The minimum absolute atomic E-state index is 0.128. The fourth-order valence-corrected chi connectivity index (χ4v) is 5.22. The van der Waals surface area contributed by atoms with Crippen LogP contribution in [-0.2, 0) is 25.3 Å². The van der Waals surface area contributed by atoms with E-state index in [0.29, 0.717) is 25.3 Å². The van der Waals surface area contributed by atoms with Crippen LogP contribution < -0.4 is 14.5 Å². The van der Waals surface area contributed by atoms with Crippen LogP contribution in [0.5, 0.6) is 5.75 Å². The van der Waals surface area contributed by atoms with Crippen LogP contribution in [-0.4, -0.2) is 56.8 Å². The van der Waals surface area contributed by atoms with Crippen molar-refractivity contribution >= 4 is 11.5 Å². The van der Waals surface area contributed by atoms with E-state index in [1.165, 1.54) is 12.3 Å². The zero-order valence-electron chi connectivity index (χ0n) is 21.5. The first-order chi connectivity index (χ1) is 18.4. The number of ether oxygens (including phenoxy) is 1. The molecule has 0 amide bonds. The fraction of sp³-hybridized carbons (Fsp3) is 0.393. The molecule has 5 nitrogen and oxygen atoms in total. The lowest BCUT2D eigenvalue weighted by molar-refractivity contribution is -0.143. The highest BCUT2D eigenvalue weighted by molar-refractivity contribution is 5.67. The Labute approximate surface area is 222 Å². The smallest absolute Gasteiger partial charge is 0.416 e. The molecule has 11 heteroatoms. The van der Waals surface area contributed by atoms with E-state index in [2.05, 4.69) is 32.8 Å². The van der Waals surface area contributed by atoms with Crippen LogP contribution in [0.15, 0.2) is 48.7 Å². The van der Waals surface area contributed by atoms with Gasteiger partial charge >= 0.3 is 12.4 Å². The average Bonchev–Trinajstić information content (AvgIpc) is 2.91. The number of anilines is 2. The van der Waals surface area contributed by atoms with E-state index >= 15 is 0 Å². The van der Waals surface area contributed by atoms with E-state index in [-0.39, 0.29) is 17.2 Å². The molecule has 0 unspecified atom stereocenters. The summed E-state index contributed by atoms with van der Waals surface area (Å²) in [5.41, 5.74) is 0.705. The van der Waals surface area contributed by atoms with Crippen molar-refractivity contribution < 1.29 is 31.1 Å². The van der Waals surface area contributed by atoms with Gasteiger partial charge in [0.25, 0.3) is 0 Å². The van der Waals surface area contributed by atoms with E-state index in [1.807, 2.05) is 6.07 Å². The Morgan fingerprint density at radius 2 is 1.41 bits per heavy atom. The molecule has 2 aromatic carbocycles. The molecule has 1 saturated heterocycles. The van der Waals surface area contributed by atoms with Crippen molar-refractivity contribution in [3.63, 3.8) is 0 Å². The number of aromatic nitrogens is 1. The van der Waals surface area contributed by atoms with Crippen LogP contribution in [0.3, 0.4) is 0 Å². The highest BCUT2D eigenvalue weighted by Gasteiger charge is 2.37. The molecule has 2 aliphatic rings. The number of likely N-dealkylation sites (N-methyl/N-ethyl adjacent to an activating group) is 1. The molecule has 208 valence electrons. The number of fused-ring (bicyclic) bond motifs is 1. The molecule has 1 fully saturated rings. The predicted octanol–water partition coefficient (Wildman–Crippen LogP) is 6.11. The third kappa shape index (κ3) is 5.63. The third-order valence-electron chi connectivity index (χ3n) is 7.40. The first-order valence-corrected chi connectivity index (χ1v) is 12.6. The fourth-order valence-electron chi connectivity index (χ4n) is 5.22. The largest absolute Gasteiger partial charge is 0.496 e. The number of hydrogen-bond donors (Lipinski definition) is 0. The van der Waals surface area contributed by atoms with E-state index < -0.39 is 23.5 Å². The molecule has 1 aromatic heterocycles. The summed E-state index contributed by atoms with van der Waals surface area (Å²) < 4.78 is 85.5. The summed E-state index contributed by atoms with van der Waals surface area (Å²) in [6, 6.07) is 8.80. The Balaban J connectivity index is 1.44. The molecular formula is C28H28F6N4O. The maximum Gasteiger partial charge on any atom is 0.416 e. The van der Waals surface area contributed by atoms with Gasteiger partial charge in [-0.25, -0.2) is 4.98 Å². The second-order valence-electron chi connectivity index (χ2n) is 9.91.